The van der Waals surface area contributed by atoms with Crippen LogP contribution in [-0.2, 0) is 4.74 Å². The van der Waals surface area contributed by atoms with Crippen molar-refractivity contribution >= 4 is 0 Å². The van der Waals surface area contributed by atoms with Gasteiger partial charge in [0.1, 0.15) is 11.6 Å². The molecule has 1 heterocycles. The SMILES string of the molecule is CCCCCCCC1CCC(c2ccc(-c3ccc(OCC)cc3F)c(F)c2F)CO1. The first kappa shape index (κ1) is 23.6. The maximum Gasteiger partial charge on any atom is 0.167 e. The molecule has 170 valence electrons. The van der Waals surface area contributed by atoms with Gasteiger partial charge in [-0.2, -0.15) is 0 Å². The van der Waals surface area contributed by atoms with Gasteiger partial charge in [0.2, 0.25) is 0 Å². The summed E-state index contributed by atoms with van der Waals surface area (Å²) in [6, 6.07) is 7.22. The summed E-state index contributed by atoms with van der Waals surface area (Å²) in [7, 11) is 0. The topological polar surface area (TPSA) is 18.5 Å². The quantitative estimate of drug-likeness (QED) is 0.355. The molecule has 0 bridgehead atoms. The van der Waals surface area contributed by atoms with E-state index in [4.69, 9.17) is 9.47 Å². The van der Waals surface area contributed by atoms with Crippen LogP contribution in [0.15, 0.2) is 30.3 Å². The van der Waals surface area contributed by atoms with Crippen molar-refractivity contribution in [1.29, 1.82) is 0 Å². The lowest BCUT2D eigenvalue weighted by atomic mass is 9.88. The van der Waals surface area contributed by atoms with E-state index in [2.05, 4.69) is 6.92 Å². The zero-order valence-corrected chi connectivity index (χ0v) is 18.6. The van der Waals surface area contributed by atoms with Crippen LogP contribution < -0.4 is 4.74 Å². The fourth-order valence-corrected chi connectivity index (χ4v) is 4.31. The lowest BCUT2D eigenvalue weighted by Crippen LogP contribution is -2.25. The van der Waals surface area contributed by atoms with Crippen LogP contribution in [0, 0.1) is 17.5 Å². The average molecular weight is 435 g/mol. The van der Waals surface area contributed by atoms with Crippen LogP contribution in [0.1, 0.15) is 76.7 Å². The van der Waals surface area contributed by atoms with Crippen molar-refractivity contribution in [2.75, 3.05) is 13.2 Å². The smallest absolute Gasteiger partial charge is 0.167 e. The van der Waals surface area contributed by atoms with Crippen molar-refractivity contribution in [1.82, 2.24) is 0 Å². The summed E-state index contributed by atoms with van der Waals surface area (Å²) in [5, 5.41) is 0. The van der Waals surface area contributed by atoms with Crippen LogP contribution in [0.3, 0.4) is 0 Å². The van der Waals surface area contributed by atoms with Gasteiger partial charge in [-0.25, -0.2) is 13.2 Å². The number of hydrogen-bond acceptors (Lipinski definition) is 2. The number of ether oxygens (including phenoxy) is 2. The van der Waals surface area contributed by atoms with Gasteiger partial charge in [0.05, 0.1) is 19.3 Å². The maximum absolute atomic E-state index is 14.9. The molecule has 5 heteroatoms. The van der Waals surface area contributed by atoms with Crippen LogP contribution >= 0.6 is 0 Å². The fourth-order valence-electron chi connectivity index (χ4n) is 4.31. The summed E-state index contributed by atoms with van der Waals surface area (Å²) in [4.78, 5) is 0. The van der Waals surface area contributed by atoms with Crippen LogP contribution in [0.5, 0.6) is 5.75 Å². The van der Waals surface area contributed by atoms with E-state index in [1.54, 1.807) is 19.1 Å². The second-order valence-electron chi connectivity index (χ2n) is 8.34. The summed E-state index contributed by atoms with van der Waals surface area (Å²) in [6.45, 7) is 4.80. The van der Waals surface area contributed by atoms with Crippen molar-refractivity contribution in [3.05, 3.63) is 53.3 Å². The van der Waals surface area contributed by atoms with Crippen molar-refractivity contribution in [2.24, 2.45) is 0 Å². The molecule has 0 aromatic heterocycles. The molecule has 0 saturated carbocycles. The fraction of sp³-hybridized carbons (Fsp3) is 0.538. The van der Waals surface area contributed by atoms with Gasteiger partial charge in [-0.3, -0.25) is 0 Å². The maximum atomic E-state index is 14.9. The summed E-state index contributed by atoms with van der Waals surface area (Å²) in [6.07, 6.45) is 9.01. The number of benzene rings is 2. The standard InChI is InChI=1S/C26H33F3O2/c1-3-5-6-7-8-9-19-11-10-18(17-31-19)21-14-15-23(26(29)25(21)28)22-13-12-20(30-4-2)16-24(22)27/h12-16,18-19H,3-11,17H2,1-2H3. The molecule has 2 atom stereocenters. The molecule has 2 unspecified atom stereocenters. The molecule has 31 heavy (non-hydrogen) atoms. The van der Waals surface area contributed by atoms with Crippen LogP contribution in [0.4, 0.5) is 13.2 Å². The Morgan fingerprint density at radius 2 is 1.68 bits per heavy atom. The molecule has 0 N–H and O–H groups in total. The zero-order chi connectivity index (χ0) is 22.2. The Bertz CT molecular complexity index is 845. The van der Waals surface area contributed by atoms with E-state index in [0.717, 1.165) is 25.7 Å². The molecule has 3 rings (SSSR count). The van der Waals surface area contributed by atoms with Crippen molar-refractivity contribution in [3.63, 3.8) is 0 Å². The lowest BCUT2D eigenvalue weighted by Gasteiger charge is -2.30. The highest BCUT2D eigenvalue weighted by Crippen LogP contribution is 2.36. The molecular weight excluding hydrogens is 401 g/mol. The Balaban J connectivity index is 1.64. The number of hydrogen-bond donors (Lipinski definition) is 0. The Labute approximate surface area is 183 Å². The van der Waals surface area contributed by atoms with Crippen LogP contribution in [0.25, 0.3) is 11.1 Å². The van der Waals surface area contributed by atoms with Gasteiger partial charge in [-0.15, -0.1) is 0 Å². The molecule has 0 spiro atoms. The zero-order valence-electron chi connectivity index (χ0n) is 18.6. The number of halogens is 3. The van der Waals surface area contributed by atoms with Crippen molar-refractivity contribution in [3.8, 4) is 16.9 Å². The Kier molecular flexibility index (Phi) is 8.82. The summed E-state index contributed by atoms with van der Waals surface area (Å²) < 4.78 is 55.4. The van der Waals surface area contributed by atoms with Crippen LogP contribution in [0.2, 0.25) is 0 Å². The normalized spacial score (nSPS) is 18.9. The highest BCUT2D eigenvalue weighted by atomic mass is 19.2. The van der Waals surface area contributed by atoms with Gasteiger partial charge in [0, 0.05) is 23.1 Å². The predicted octanol–water partition coefficient (Wildman–Crippen LogP) is 7.79. The third kappa shape index (κ3) is 6.03. The van der Waals surface area contributed by atoms with E-state index < -0.39 is 17.5 Å². The molecule has 0 radical (unpaired) electrons. The van der Waals surface area contributed by atoms with E-state index >= 15 is 0 Å². The lowest BCUT2D eigenvalue weighted by molar-refractivity contribution is -0.00283. The summed E-state index contributed by atoms with van der Waals surface area (Å²) in [5.41, 5.74) is 0.256. The van der Waals surface area contributed by atoms with Crippen molar-refractivity contribution < 1.29 is 22.6 Å². The third-order valence-corrected chi connectivity index (χ3v) is 6.09. The second kappa shape index (κ2) is 11.6. The molecule has 1 saturated heterocycles. The minimum absolute atomic E-state index is 0.0226. The average Bonchev–Trinajstić information content (AvgIpc) is 2.77. The first-order valence-corrected chi connectivity index (χ1v) is 11.6. The van der Waals surface area contributed by atoms with E-state index in [1.165, 1.54) is 43.9 Å². The van der Waals surface area contributed by atoms with Gasteiger partial charge >= 0.3 is 0 Å². The molecule has 0 aliphatic carbocycles. The molecule has 2 aromatic rings. The Morgan fingerprint density at radius 1 is 0.903 bits per heavy atom. The minimum atomic E-state index is -1.02. The van der Waals surface area contributed by atoms with E-state index in [0.29, 0.717) is 24.5 Å². The third-order valence-electron chi connectivity index (χ3n) is 6.09. The number of unbranched alkanes of at least 4 members (excludes halogenated alkanes) is 4. The molecule has 2 nitrogen and oxygen atoms in total. The molecule has 0 amide bonds. The minimum Gasteiger partial charge on any atom is -0.494 e. The first-order valence-electron chi connectivity index (χ1n) is 11.6. The number of rotatable bonds is 10. The van der Waals surface area contributed by atoms with Crippen molar-refractivity contribution in [2.45, 2.75) is 77.2 Å². The van der Waals surface area contributed by atoms with Gasteiger partial charge in [0.15, 0.2) is 11.6 Å². The molecule has 2 aromatic carbocycles. The summed E-state index contributed by atoms with van der Waals surface area (Å²) in [5.74, 6) is -2.37. The second-order valence-corrected chi connectivity index (χ2v) is 8.34. The van der Waals surface area contributed by atoms with E-state index in [1.807, 2.05) is 0 Å². The van der Waals surface area contributed by atoms with Crippen LogP contribution in [-0.4, -0.2) is 19.3 Å². The Morgan fingerprint density at radius 3 is 2.35 bits per heavy atom. The first-order chi connectivity index (χ1) is 15.0. The largest absolute Gasteiger partial charge is 0.494 e. The van der Waals surface area contributed by atoms with E-state index in [-0.39, 0.29) is 23.1 Å². The molecule has 1 aliphatic rings. The van der Waals surface area contributed by atoms with Gasteiger partial charge in [-0.05, 0) is 43.9 Å². The summed E-state index contributed by atoms with van der Waals surface area (Å²) >= 11 is 0. The van der Waals surface area contributed by atoms with Gasteiger partial charge < -0.3 is 9.47 Å². The molecule has 1 aliphatic heterocycles. The molecule has 1 fully saturated rings. The van der Waals surface area contributed by atoms with E-state index in [9.17, 15) is 13.2 Å². The monoisotopic (exact) mass is 434 g/mol. The molecular formula is C26H33F3O2. The van der Waals surface area contributed by atoms with Gasteiger partial charge in [0.25, 0.3) is 0 Å². The predicted molar refractivity (Wildman–Crippen MR) is 118 cm³/mol. The highest BCUT2D eigenvalue weighted by Gasteiger charge is 2.27. The highest BCUT2D eigenvalue weighted by molar-refractivity contribution is 5.66. The van der Waals surface area contributed by atoms with Gasteiger partial charge in [-0.1, -0.05) is 51.2 Å². The Hall–Kier alpha value is -2.01.